The summed E-state index contributed by atoms with van der Waals surface area (Å²) in [5, 5.41) is 0. The molecule has 0 fully saturated rings. The van der Waals surface area contributed by atoms with Crippen molar-refractivity contribution in [2.75, 3.05) is 17.7 Å². The summed E-state index contributed by atoms with van der Waals surface area (Å²) in [7, 11) is 1.56. The molecule has 0 heterocycles. The van der Waals surface area contributed by atoms with Gasteiger partial charge in [0.15, 0.2) is 0 Å². The average molecular weight is 256 g/mol. The second-order valence-corrected chi connectivity index (χ2v) is 4.24. The molecule has 2 N–H and O–H groups in total. The van der Waals surface area contributed by atoms with Crippen LogP contribution >= 0.6 is 0 Å². The van der Waals surface area contributed by atoms with Crippen molar-refractivity contribution < 1.29 is 9.53 Å². The van der Waals surface area contributed by atoms with Crippen molar-refractivity contribution in [3.05, 3.63) is 48.0 Å². The van der Waals surface area contributed by atoms with Gasteiger partial charge in [0.1, 0.15) is 5.75 Å². The highest BCUT2D eigenvalue weighted by molar-refractivity contribution is 5.90. The smallest absolute Gasteiger partial charge is 0.218 e. The number of nitrogens with two attached hydrogens (primary N) is 1. The molecule has 4 heteroatoms. The summed E-state index contributed by atoms with van der Waals surface area (Å²) in [5.74, 6) is 0.599. The van der Waals surface area contributed by atoms with E-state index in [2.05, 4.69) is 0 Å². The molecule has 0 atom stereocenters. The lowest BCUT2D eigenvalue weighted by Gasteiger charge is -2.20. The number of methoxy groups -OCH3 is 1. The number of anilines is 3. The Morgan fingerprint density at radius 2 is 1.84 bits per heavy atom. The fourth-order valence-electron chi connectivity index (χ4n) is 1.86. The molecule has 0 saturated carbocycles. The molecule has 98 valence electrons. The first-order chi connectivity index (χ1) is 9.15. The minimum Gasteiger partial charge on any atom is -0.495 e. The maximum absolute atomic E-state index is 11.4. The Bertz CT molecular complexity index is 579. The van der Waals surface area contributed by atoms with Crippen LogP contribution in [0.5, 0.6) is 5.75 Å². The van der Waals surface area contributed by atoms with Crippen LogP contribution in [0.1, 0.15) is 5.56 Å². The molecule has 0 aromatic heterocycles. The summed E-state index contributed by atoms with van der Waals surface area (Å²) < 4.78 is 5.27. The Morgan fingerprint density at radius 3 is 2.42 bits per heavy atom. The molecular weight excluding hydrogens is 240 g/mol. The van der Waals surface area contributed by atoms with Crippen LogP contribution in [0, 0.1) is 6.92 Å². The number of nitrogen functional groups attached to an aromatic ring is 1. The normalized spacial score (nSPS) is 10.0. The number of ether oxygens (including phenoxy) is 1. The molecule has 0 aliphatic heterocycles. The Kier molecular flexibility index (Phi) is 3.71. The second kappa shape index (κ2) is 5.44. The Balaban J connectivity index is 2.50. The summed E-state index contributed by atoms with van der Waals surface area (Å²) in [4.78, 5) is 12.9. The van der Waals surface area contributed by atoms with Crippen molar-refractivity contribution >= 4 is 23.5 Å². The maximum atomic E-state index is 11.4. The van der Waals surface area contributed by atoms with E-state index >= 15 is 0 Å². The molecule has 4 nitrogen and oxygen atoms in total. The topological polar surface area (TPSA) is 55.6 Å². The van der Waals surface area contributed by atoms with Gasteiger partial charge in [0.25, 0.3) is 0 Å². The van der Waals surface area contributed by atoms with Crippen LogP contribution in [-0.4, -0.2) is 13.5 Å². The summed E-state index contributed by atoms with van der Waals surface area (Å²) >= 11 is 0. The highest BCUT2D eigenvalue weighted by Gasteiger charge is 2.13. The highest BCUT2D eigenvalue weighted by Crippen LogP contribution is 2.34. The molecule has 0 radical (unpaired) electrons. The van der Waals surface area contributed by atoms with Crippen molar-refractivity contribution in [3.63, 3.8) is 0 Å². The van der Waals surface area contributed by atoms with Gasteiger partial charge in [-0.05, 0) is 37.3 Å². The standard InChI is InChI=1S/C15H16N2O2/c1-11-3-6-13(7-4-11)17(10-18)14-9-12(16)5-8-15(14)19-2/h3-10H,16H2,1-2H3. The first-order valence-corrected chi connectivity index (χ1v) is 5.90. The maximum Gasteiger partial charge on any atom is 0.218 e. The summed E-state index contributed by atoms with van der Waals surface area (Å²) in [5.41, 5.74) is 8.88. The van der Waals surface area contributed by atoms with Gasteiger partial charge in [0.05, 0.1) is 12.8 Å². The van der Waals surface area contributed by atoms with E-state index in [1.54, 1.807) is 25.3 Å². The van der Waals surface area contributed by atoms with Gasteiger partial charge in [-0.15, -0.1) is 0 Å². The van der Waals surface area contributed by atoms with Crippen LogP contribution in [0.15, 0.2) is 42.5 Å². The summed E-state index contributed by atoms with van der Waals surface area (Å²) in [6, 6.07) is 12.9. The number of hydrogen-bond acceptors (Lipinski definition) is 3. The fraction of sp³-hybridized carbons (Fsp3) is 0.133. The van der Waals surface area contributed by atoms with Gasteiger partial charge in [-0.25, -0.2) is 0 Å². The van der Waals surface area contributed by atoms with Crippen molar-refractivity contribution in [2.45, 2.75) is 6.92 Å². The van der Waals surface area contributed by atoms with Crippen LogP contribution in [-0.2, 0) is 4.79 Å². The Labute approximate surface area is 112 Å². The van der Waals surface area contributed by atoms with Gasteiger partial charge < -0.3 is 10.5 Å². The third-order valence-corrected chi connectivity index (χ3v) is 2.88. The third kappa shape index (κ3) is 2.68. The monoisotopic (exact) mass is 256 g/mol. The molecule has 0 aliphatic rings. The fourth-order valence-corrected chi connectivity index (χ4v) is 1.86. The van der Waals surface area contributed by atoms with Gasteiger partial charge in [0.2, 0.25) is 6.41 Å². The van der Waals surface area contributed by atoms with E-state index in [9.17, 15) is 4.79 Å². The van der Waals surface area contributed by atoms with Crippen molar-refractivity contribution in [2.24, 2.45) is 0 Å². The molecule has 1 amide bonds. The van der Waals surface area contributed by atoms with Gasteiger partial charge >= 0.3 is 0 Å². The van der Waals surface area contributed by atoms with E-state index in [1.165, 1.54) is 4.90 Å². The van der Waals surface area contributed by atoms with E-state index in [0.29, 0.717) is 17.1 Å². The number of nitrogens with zero attached hydrogens (tertiary/aromatic N) is 1. The number of carbonyl (C=O) groups excluding carboxylic acids is 1. The first kappa shape index (κ1) is 13.0. The van der Waals surface area contributed by atoms with Crippen LogP contribution < -0.4 is 15.4 Å². The lowest BCUT2D eigenvalue weighted by Crippen LogP contribution is -2.15. The molecule has 0 unspecified atom stereocenters. The second-order valence-electron chi connectivity index (χ2n) is 4.24. The molecule has 0 spiro atoms. The lowest BCUT2D eigenvalue weighted by atomic mass is 10.2. The summed E-state index contributed by atoms with van der Waals surface area (Å²) in [6.07, 6.45) is 0.752. The lowest BCUT2D eigenvalue weighted by molar-refractivity contribution is -0.106. The van der Waals surface area contributed by atoms with E-state index in [-0.39, 0.29) is 0 Å². The predicted octanol–water partition coefficient (Wildman–Crippen LogP) is 2.88. The molecule has 0 bridgehead atoms. The highest BCUT2D eigenvalue weighted by atomic mass is 16.5. The van der Waals surface area contributed by atoms with Gasteiger partial charge in [-0.1, -0.05) is 17.7 Å². The number of benzene rings is 2. The zero-order chi connectivity index (χ0) is 13.8. The van der Waals surface area contributed by atoms with E-state index in [1.807, 2.05) is 31.2 Å². The molecule has 2 aromatic rings. The van der Waals surface area contributed by atoms with Gasteiger partial charge in [0, 0.05) is 11.4 Å². The minimum atomic E-state index is 0.578. The number of aryl methyl sites for hydroxylation is 1. The zero-order valence-electron chi connectivity index (χ0n) is 11.0. The predicted molar refractivity (Wildman–Crippen MR) is 76.8 cm³/mol. The summed E-state index contributed by atoms with van der Waals surface area (Å²) in [6.45, 7) is 2.00. The van der Waals surface area contributed by atoms with E-state index in [4.69, 9.17) is 10.5 Å². The molecule has 0 saturated heterocycles. The van der Waals surface area contributed by atoms with Crippen molar-refractivity contribution in [3.8, 4) is 5.75 Å². The van der Waals surface area contributed by atoms with Crippen LogP contribution in [0.3, 0.4) is 0 Å². The largest absolute Gasteiger partial charge is 0.495 e. The van der Waals surface area contributed by atoms with Crippen molar-refractivity contribution in [1.82, 2.24) is 0 Å². The third-order valence-electron chi connectivity index (χ3n) is 2.88. The van der Waals surface area contributed by atoms with E-state index in [0.717, 1.165) is 17.7 Å². The molecule has 2 rings (SSSR count). The number of amides is 1. The zero-order valence-corrected chi connectivity index (χ0v) is 11.0. The first-order valence-electron chi connectivity index (χ1n) is 5.90. The number of rotatable bonds is 4. The minimum absolute atomic E-state index is 0.578. The Hall–Kier alpha value is -2.49. The number of hydrogen-bond donors (Lipinski definition) is 1. The van der Waals surface area contributed by atoms with Crippen LogP contribution in [0.4, 0.5) is 17.1 Å². The average Bonchev–Trinajstić information content (AvgIpc) is 2.42. The molecular formula is C15H16N2O2. The Morgan fingerprint density at radius 1 is 1.16 bits per heavy atom. The van der Waals surface area contributed by atoms with Crippen LogP contribution in [0.25, 0.3) is 0 Å². The van der Waals surface area contributed by atoms with Crippen molar-refractivity contribution in [1.29, 1.82) is 0 Å². The quantitative estimate of drug-likeness (QED) is 0.676. The van der Waals surface area contributed by atoms with Gasteiger partial charge in [-0.2, -0.15) is 0 Å². The SMILES string of the molecule is COc1ccc(N)cc1N(C=O)c1ccc(C)cc1. The van der Waals surface area contributed by atoms with Crippen LogP contribution in [0.2, 0.25) is 0 Å². The molecule has 0 aliphatic carbocycles. The number of carbonyl (C=O) groups is 1. The van der Waals surface area contributed by atoms with Gasteiger partial charge in [-0.3, -0.25) is 9.69 Å². The van der Waals surface area contributed by atoms with E-state index < -0.39 is 0 Å². The molecule has 19 heavy (non-hydrogen) atoms. The molecule has 2 aromatic carbocycles.